The summed E-state index contributed by atoms with van der Waals surface area (Å²) in [6.45, 7) is 13.2. The summed E-state index contributed by atoms with van der Waals surface area (Å²) in [4.78, 5) is 43.4. The molecule has 0 spiro atoms. The van der Waals surface area contributed by atoms with Crippen LogP contribution in [0.15, 0.2) is 42.1 Å². The van der Waals surface area contributed by atoms with Crippen molar-refractivity contribution in [2.24, 2.45) is 11.8 Å². The molecule has 1 heterocycles. The van der Waals surface area contributed by atoms with E-state index in [0.717, 1.165) is 16.5 Å². The highest BCUT2D eigenvalue weighted by atomic mass is 16.4. The second kappa shape index (κ2) is 11.7. The third-order valence-corrected chi connectivity index (χ3v) is 7.02. The lowest BCUT2D eigenvalue weighted by molar-refractivity contribution is -0.139. The van der Waals surface area contributed by atoms with Crippen molar-refractivity contribution < 1.29 is 19.5 Å². The van der Waals surface area contributed by atoms with Gasteiger partial charge in [0.15, 0.2) is 0 Å². The Morgan fingerprint density at radius 3 is 2.22 bits per heavy atom. The third kappa shape index (κ3) is 6.16. The summed E-state index contributed by atoms with van der Waals surface area (Å²) < 4.78 is 0. The number of aromatic nitrogens is 1. The number of carbonyl (C=O) groups excluding carboxylic acids is 2. The van der Waals surface area contributed by atoms with E-state index >= 15 is 0 Å². The van der Waals surface area contributed by atoms with E-state index in [-0.39, 0.29) is 29.2 Å². The molecule has 0 radical (unpaired) electrons. The number of hydrogen-bond acceptors (Lipinski definition) is 4. The maximum absolute atomic E-state index is 13.6. The van der Waals surface area contributed by atoms with Gasteiger partial charge in [0.2, 0.25) is 11.8 Å². The average Bonchev–Trinajstić information content (AvgIpc) is 3.24. The molecule has 0 bridgehead atoms. The van der Waals surface area contributed by atoms with Gasteiger partial charge in [0.25, 0.3) is 0 Å². The topological polar surface area (TPSA) is 115 Å². The highest BCUT2D eigenvalue weighted by Gasteiger charge is 2.40. The molecule has 2 amide bonds. The fourth-order valence-corrected chi connectivity index (χ4v) is 4.78. The number of likely N-dealkylation sites (N-methyl/N-ethyl adjacent to an activating group) is 2. The van der Waals surface area contributed by atoms with E-state index in [1.54, 1.807) is 25.1 Å². The van der Waals surface area contributed by atoms with Crippen molar-refractivity contribution in [3.63, 3.8) is 0 Å². The quantitative estimate of drug-likeness (QED) is 0.353. The molecule has 1 aromatic carbocycles. The van der Waals surface area contributed by atoms with Gasteiger partial charge in [-0.15, -0.1) is 0 Å². The molecule has 8 heteroatoms. The fourth-order valence-electron chi connectivity index (χ4n) is 4.78. The highest BCUT2D eigenvalue weighted by Crippen LogP contribution is 2.33. The van der Waals surface area contributed by atoms with E-state index in [1.807, 2.05) is 72.0 Å². The number of nitrogens with zero attached hydrogens (tertiary/aromatic N) is 1. The van der Waals surface area contributed by atoms with Crippen molar-refractivity contribution in [3.8, 4) is 0 Å². The number of nitrogens with one attached hydrogen (secondary N) is 3. The Bertz CT molecular complexity index is 1120. The molecule has 8 nitrogen and oxygen atoms in total. The van der Waals surface area contributed by atoms with Gasteiger partial charge in [-0.05, 0) is 37.4 Å². The number of rotatable bonds is 11. The zero-order valence-electron chi connectivity index (χ0n) is 23.0. The number of H-pyrrole nitrogens is 1. The van der Waals surface area contributed by atoms with Crippen LogP contribution in [0.4, 0.5) is 0 Å². The van der Waals surface area contributed by atoms with E-state index < -0.39 is 29.5 Å². The van der Waals surface area contributed by atoms with Gasteiger partial charge in [0, 0.05) is 35.1 Å². The first-order valence-corrected chi connectivity index (χ1v) is 12.5. The van der Waals surface area contributed by atoms with Gasteiger partial charge in [-0.2, -0.15) is 0 Å². The summed E-state index contributed by atoms with van der Waals surface area (Å²) in [6.07, 6.45) is 3.53. The summed E-state index contributed by atoms with van der Waals surface area (Å²) in [5.74, 6) is -1.73. The molecule has 4 N–H and O–H groups in total. The average molecular weight is 499 g/mol. The molecule has 3 atom stereocenters. The van der Waals surface area contributed by atoms with Crippen LogP contribution in [0.3, 0.4) is 0 Å². The highest BCUT2D eigenvalue weighted by molar-refractivity contribution is 5.92. The second-order valence-corrected chi connectivity index (χ2v) is 10.8. The Balaban J connectivity index is 2.34. The van der Waals surface area contributed by atoms with Crippen molar-refractivity contribution >= 4 is 28.7 Å². The number of fused-ring (bicyclic) bond motifs is 1. The van der Waals surface area contributed by atoms with Crippen LogP contribution in [0, 0.1) is 11.8 Å². The minimum absolute atomic E-state index is 0.0115. The van der Waals surface area contributed by atoms with Crippen LogP contribution in [0.25, 0.3) is 10.9 Å². The molecule has 0 saturated carbocycles. The number of carboxylic acids is 1. The Labute approximate surface area is 214 Å². The minimum Gasteiger partial charge on any atom is -0.478 e. The summed E-state index contributed by atoms with van der Waals surface area (Å²) >= 11 is 0. The first kappa shape index (κ1) is 29.1. The first-order chi connectivity index (χ1) is 16.7. The number of benzene rings is 1. The molecule has 1 unspecified atom stereocenters. The van der Waals surface area contributed by atoms with Crippen molar-refractivity contribution in [1.29, 1.82) is 0 Å². The van der Waals surface area contributed by atoms with Gasteiger partial charge < -0.3 is 25.6 Å². The number of hydrogen-bond donors (Lipinski definition) is 4. The number of aliphatic carboxylic acids is 1. The molecule has 0 aliphatic carbocycles. The summed E-state index contributed by atoms with van der Waals surface area (Å²) in [6, 6.07) is 6.17. The van der Waals surface area contributed by atoms with Gasteiger partial charge >= 0.3 is 5.97 Å². The Morgan fingerprint density at radius 2 is 1.69 bits per heavy atom. The van der Waals surface area contributed by atoms with Gasteiger partial charge in [0.05, 0.1) is 12.1 Å². The maximum Gasteiger partial charge on any atom is 0.331 e. The van der Waals surface area contributed by atoms with Crippen LogP contribution in [-0.2, 0) is 19.8 Å². The Morgan fingerprint density at radius 1 is 1.08 bits per heavy atom. The van der Waals surface area contributed by atoms with Crippen LogP contribution >= 0.6 is 0 Å². The lowest BCUT2D eigenvalue weighted by Crippen LogP contribution is -2.59. The van der Waals surface area contributed by atoms with Crippen LogP contribution in [0.5, 0.6) is 0 Å². The lowest BCUT2D eigenvalue weighted by Gasteiger charge is -2.37. The normalized spacial score (nSPS) is 15.1. The van der Waals surface area contributed by atoms with Crippen molar-refractivity contribution in [2.75, 3.05) is 14.1 Å². The largest absolute Gasteiger partial charge is 0.478 e. The zero-order valence-corrected chi connectivity index (χ0v) is 23.0. The maximum atomic E-state index is 13.6. The van der Waals surface area contributed by atoms with E-state index in [9.17, 15) is 19.5 Å². The van der Waals surface area contributed by atoms with Crippen molar-refractivity contribution in [2.45, 2.75) is 72.0 Å². The number of carboxylic acid groups (broad SMARTS) is 1. The number of carbonyl (C=O) groups is 3. The zero-order chi connectivity index (χ0) is 27.4. The monoisotopic (exact) mass is 498 g/mol. The van der Waals surface area contributed by atoms with E-state index in [1.165, 1.54) is 6.92 Å². The summed E-state index contributed by atoms with van der Waals surface area (Å²) in [5.41, 5.74) is 1.59. The molecule has 0 aliphatic heterocycles. The molecule has 2 rings (SSSR count). The standard InChI is InChI=1S/C28H42N4O4/c1-16(2)22(14-18(5)27(35)36)32(9)26(34)23(17(3)4)31-25(33)24(29-8)28(6,7)20-15-30-21-13-11-10-12-19(20)21/h10-17,22-24,29-30H,1-9H3,(H,31,33)(H,35,36)/b18-14+/t22?,23-,24+/m0/s1. The van der Waals surface area contributed by atoms with Gasteiger partial charge in [0.1, 0.15) is 6.04 Å². The molecule has 2 aromatic rings. The van der Waals surface area contributed by atoms with Crippen molar-refractivity contribution in [3.05, 3.63) is 47.7 Å². The number of amides is 2. The number of aromatic amines is 1. The molecule has 1 aromatic heterocycles. The Kier molecular flexibility index (Phi) is 9.49. The van der Waals surface area contributed by atoms with E-state index in [0.29, 0.717) is 0 Å². The van der Waals surface area contributed by atoms with Gasteiger partial charge in [-0.3, -0.25) is 9.59 Å². The van der Waals surface area contributed by atoms with Crippen LogP contribution in [-0.4, -0.2) is 65.0 Å². The minimum atomic E-state index is -1.02. The molecule has 0 fully saturated rings. The Hall–Kier alpha value is -3.13. The van der Waals surface area contributed by atoms with Crippen molar-refractivity contribution in [1.82, 2.24) is 20.5 Å². The molecular formula is C28H42N4O4. The molecule has 0 saturated heterocycles. The van der Waals surface area contributed by atoms with Crippen LogP contribution < -0.4 is 10.6 Å². The van der Waals surface area contributed by atoms with Crippen LogP contribution in [0.2, 0.25) is 0 Å². The SMILES string of the molecule is CN[C@H](C(=O)N[C@H](C(=O)N(C)C(/C=C(\C)C(=O)O)C(C)C)C(C)C)C(C)(C)c1c[nH]c2ccccc12. The molecule has 36 heavy (non-hydrogen) atoms. The summed E-state index contributed by atoms with van der Waals surface area (Å²) in [5, 5.41) is 16.5. The van der Waals surface area contributed by atoms with E-state index in [2.05, 4.69) is 15.6 Å². The molecule has 0 aliphatic rings. The first-order valence-electron chi connectivity index (χ1n) is 12.5. The molecule has 198 valence electrons. The fraction of sp³-hybridized carbons (Fsp3) is 0.536. The van der Waals surface area contributed by atoms with Gasteiger partial charge in [-0.1, -0.05) is 65.8 Å². The van der Waals surface area contributed by atoms with Gasteiger partial charge in [-0.25, -0.2) is 4.79 Å². The predicted octanol–water partition coefficient (Wildman–Crippen LogP) is 3.69. The third-order valence-electron chi connectivity index (χ3n) is 7.02. The van der Waals surface area contributed by atoms with Crippen LogP contribution in [0.1, 0.15) is 54.0 Å². The number of para-hydroxylation sites is 1. The van der Waals surface area contributed by atoms with E-state index in [4.69, 9.17) is 0 Å². The smallest absolute Gasteiger partial charge is 0.331 e. The lowest BCUT2D eigenvalue weighted by atomic mass is 9.77. The molecular weight excluding hydrogens is 456 g/mol. The predicted molar refractivity (Wildman–Crippen MR) is 144 cm³/mol. The second-order valence-electron chi connectivity index (χ2n) is 10.8. The summed E-state index contributed by atoms with van der Waals surface area (Å²) in [7, 11) is 3.40.